The number of phenolic OH excluding ortho intramolecular Hbond substituents is 1. The number of ether oxygens (including phenoxy) is 1. The number of hydrogen-bond donors (Lipinski definition) is 3. The van der Waals surface area contributed by atoms with Crippen molar-refractivity contribution >= 4 is 23.9 Å². The first-order chi connectivity index (χ1) is 14.8. The predicted molar refractivity (Wildman–Crippen MR) is 108 cm³/mol. The van der Waals surface area contributed by atoms with Crippen molar-refractivity contribution in [2.45, 2.75) is 38.0 Å². The van der Waals surface area contributed by atoms with Crippen molar-refractivity contribution in [3.63, 3.8) is 0 Å². The van der Waals surface area contributed by atoms with Crippen LogP contribution in [0.3, 0.4) is 0 Å². The van der Waals surface area contributed by atoms with Crippen LogP contribution in [0.2, 0.25) is 0 Å². The lowest BCUT2D eigenvalue weighted by Gasteiger charge is -2.23. The minimum absolute atomic E-state index is 0.0196. The number of hydrogen-bond acceptors (Lipinski definition) is 6. The smallest absolute Gasteiger partial charge is 0.417 e. The van der Waals surface area contributed by atoms with Gasteiger partial charge in [-0.25, -0.2) is 14.5 Å². The molecule has 2 aromatic rings. The maximum absolute atomic E-state index is 12.7. The number of aromatic hydroxyl groups is 1. The molecule has 0 bridgehead atoms. The Kier molecular flexibility index (Phi) is 6.86. The van der Waals surface area contributed by atoms with Gasteiger partial charge in [0.2, 0.25) is 11.8 Å². The van der Waals surface area contributed by atoms with Crippen LogP contribution in [0.15, 0.2) is 54.6 Å². The van der Waals surface area contributed by atoms with E-state index in [1.54, 1.807) is 36.4 Å². The van der Waals surface area contributed by atoms with Gasteiger partial charge in [0.25, 0.3) is 0 Å². The van der Waals surface area contributed by atoms with Gasteiger partial charge in [-0.2, -0.15) is 0 Å². The zero-order valence-electron chi connectivity index (χ0n) is 16.6. The second kappa shape index (κ2) is 9.75. The molecule has 0 saturated carbocycles. The molecular weight excluding hydrogens is 404 g/mol. The standard InChI is InChI=1S/C22H22N2O7/c25-16-8-6-14(7-9-16)12-17(21(28)29)23-20(27)18-10-11-19(26)24(18)22(30)31-13-15-4-2-1-3-5-15/h1-9,17-18,25H,10-13H2,(H,23,27)(H,28,29)/t17-,18-/m1/s1. The number of aliphatic carboxylic acids is 1. The van der Waals surface area contributed by atoms with Crippen molar-refractivity contribution in [1.82, 2.24) is 10.2 Å². The van der Waals surface area contributed by atoms with E-state index in [0.29, 0.717) is 5.56 Å². The zero-order valence-corrected chi connectivity index (χ0v) is 16.6. The van der Waals surface area contributed by atoms with E-state index >= 15 is 0 Å². The highest BCUT2D eigenvalue weighted by atomic mass is 16.6. The summed E-state index contributed by atoms with van der Waals surface area (Å²) in [7, 11) is 0. The third kappa shape index (κ3) is 5.59. The zero-order chi connectivity index (χ0) is 22.4. The van der Waals surface area contributed by atoms with Gasteiger partial charge >= 0.3 is 12.1 Å². The number of carboxylic acid groups (broad SMARTS) is 1. The molecule has 0 spiro atoms. The van der Waals surface area contributed by atoms with Gasteiger partial charge < -0.3 is 20.3 Å². The molecule has 1 fully saturated rings. The summed E-state index contributed by atoms with van der Waals surface area (Å²) >= 11 is 0. The van der Waals surface area contributed by atoms with Crippen LogP contribution in [-0.2, 0) is 32.1 Å². The third-order valence-corrected chi connectivity index (χ3v) is 4.91. The quantitative estimate of drug-likeness (QED) is 0.615. The number of nitrogens with one attached hydrogen (secondary N) is 1. The highest BCUT2D eigenvalue weighted by molar-refractivity contribution is 6.01. The molecule has 1 heterocycles. The predicted octanol–water partition coefficient (Wildman–Crippen LogP) is 1.83. The number of carboxylic acids is 1. The molecule has 1 aliphatic rings. The third-order valence-electron chi connectivity index (χ3n) is 4.91. The van der Waals surface area contributed by atoms with Crippen molar-refractivity contribution in [3.8, 4) is 5.75 Å². The maximum atomic E-state index is 12.7. The van der Waals surface area contributed by atoms with Gasteiger partial charge in [-0.15, -0.1) is 0 Å². The van der Waals surface area contributed by atoms with Crippen LogP contribution in [-0.4, -0.2) is 51.1 Å². The fourth-order valence-electron chi connectivity index (χ4n) is 3.29. The number of imide groups is 1. The Morgan fingerprint density at radius 3 is 2.39 bits per heavy atom. The monoisotopic (exact) mass is 426 g/mol. The summed E-state index contributed by atoms with van der Waals surface area (Å²) in [6.45, 7) is -0.0591. The summed E-state index contributed by atoms with van der Waals surface area (Å²) in [5.74, 6) is -2.52. The summed E-state index contributed by atoms with van der Waals surface area (Å²) < 4.78 is 5.17. The Bertz CT molecular complexity index is 960. The summed E-state index contributed by atoms with van der Waals surface area (Å²) in [5, 5.41) is 21.2. The summed E-state index contributed by atoms with van der Waals surface area (Å²) in [6, 6.07) is 12.4. The van der Waals surface area contributed by atoms with Crippen molar-refractivity contribution in [2.75, 3.05) is 0 Å². The van der Waals surface area contributed by atoms with E-state index in [0.717, 1.165) is 10.5 Å². The minimum atomic E-state index is -1.27. The molecule has 0 aliphatic carbocycles. The highest BCUT2D eigenvalue weighted by Gasteiger charge is 2.42. The first-order valence-corrected chi connectivity index (χ1v) is 9.69. The molecule has 31 heavy (non-hydrogen) atoms. The van der Waals surface area contributed by atoms with Gasteiger partial charge in [-0.05, 0) is 29.7 Å². The topological polar surface area (TPSA) is 133 Å². The lowest BCUT2D eigenvalue weighted by Crippen LogP contribution is -2.52. The fourth-order valence-corrected chi connectivity index (χ4v) is 3.29. The van der Waals surface area contributed by atoms with E-state index in [9.17, 15) is 29.4 Å². The first kappa shape index (κ1) is 21.8. The summed E-state index contributed by atoms with van der Waals surface area (Å²) in [6.07, 6.45) is -0.914. The minimum Gasteiger partial charge on any atom is -0.508 e. The van der Waals surface area contributed by atoms with Crippen molar-refractivity contribution < 1.29 is 34.1 Å². The Labute approximate surface area is 178 Å². The van der Waals surface area contributed by atoms with Crippen LogP contribution in [0.4, 0.5) is 4.79 Å². The summed E-state index contributed by atoms with van der Waals surface area (Å²) in [5.41, 5.74) is 1.32. The van der Waals surface area contributed by atoms with Crippen molar-refractivity contribution in [1.29, 1.82) is 0 Å². The lowest BCUT2D eigenvalue weighted by molar-refractivity contribution is -0.142. The molecule has 2 atom stereocenters. The number of phenols is 1. The molecule has 3 amide bonds. The van der Waals surface area contributed by atoms with Crippen molar-refractivity contribution in [3.05, 3.63) is 65.7 Å². The average molecular weight is 426 g/mol. The van der Waals surface area contributed by atoms with Crippen LogP contribution in [0.5, 0.6) is 5.75 Å². The van der Waals surface area contributed by atoms with E-state index in [4.69, 9.17) is 4.74 Å². The number of nitrogens with zero attached hydrogens (tertiary/aromatic N) is 1. The van der Waals surface area contributed by atoms with Crippen LogP contribution in [0.25, 0.3) is 0 Å². The van der Waals surface area contributed by atoms with E-state index in [1.807, 2.05) is 6.07 Å². The molecule has 1 aliphatic heterocycles. The second-order valence-electron chi connectivity index (χ2n) is 7.13. The molecule has 3 N–H and O–H groups in total. The van der Waals surface area contributed by atoms with Crippen LogP contribution in [0, 0.1) is 0 Å². The molecule has 162 valence electrons. The number of benzene rings is 2. The normalized spacial score (nSPS) is 16.6. The highest BCUT2D eigenvalue weighted by Crippen LogP contribution is 2.21. The fraction of sp³-hybridized carbons (Fsp3) is 0.273. The molecule has 0 radical (unpaired) electrons. The Hall–Kier alpha value is -3.88. The maximum Gasteiger partial charge on any atom is 0.417 e. The lowest BCUT2D eigenvalue weighted by atomic mass is 10.0. The number of carbonyl (C=O) groups excluding carboxylic acids is 3. The van der Waals surface area contributed by atoms with Gasteiger partial charge in [-0.3, -0.25) is 9.59 Å². The molecule has 9 heteroatoms. The number of carbonyl (C=O) groups is 4. The van der Waals surface area contributed by atoms with Gasteiger partial charge in [0.1, 0.15) is 24.4 Å². The van der Waals surface area contributed by atoms with E-state index in [2.05, 4.69) is 5.32 Å². The van der Waals surface area contributed by atoms with Gasteiger partial charge in [-0.1, -0.05) is 42.5 Å². The molecule has 0 unspecified atom stereocenters. The molecule has 9 nitrogen and oxygen atoms in total. The van der Waals surface area contributed by atoms with E-state index in [-0.39, 0.29) is 31.6 Å². The molecule has 3 rings (SSSR count). The number of amides is 3. The first-order valence-electron chi connectivity index (χ1n) is 9.69. The SMILES string of the molecule is O=C(N[C@H](Cc1ccc(O)cc1)C(=O)O)[C@H]1CCC(=O)N1C(=O)OCc1ccccc1. The Morgan fingerprint density at radius 1 is 1.06 bits per heavy atom. The van der Waals surface area contributed by atoms with E-state index < -0.39 is 36.0 Å². The molecule has 1 saturated heterocycles. The van der Waals surface area contributed by atoms with Crippen LogP contribution in [0.1, 0.15) is 24.0 Å². The second-order valence-corrected chi connectivity index (χ2v) is 7.13. The molecular formula is C22H22N2O7. The average Bonchev–Trinajstić information content (AvgIpc) is 3.15. The molecule has 2 aromatic carbocycles. The van der Waals surface area contributed by atoms with Crippen LogP contribution < -0.4 is 5.32 Å². The van der Waals surface area contributed by atoms with Crippen LogP contribution >= 0.6 is 0 Å². The van der Waals surface area contributed by atoms with Gasteiger partial charge in [0.15, 0.2) is 0 Å². The van der Waals surface area contributed by atoms with Crippen molar-refractivity contribution in [2.24, 2.45) is 0 Å². The molecule has 0 aromatic heterocycles. The Morgan fingerprint density at radius 2 is 1.74 bits per heavy atom. The Balaban J connectivity index is 1.64. The number of rotatable bonds is 7. The largest absolute Gasteiger partial charge is 0.508 e. The number of likely N-dealkylation sites (tertiary alicyclic amines) is 1. The van der Waals surface area contributed by atoms with Gasteiger partial charge in [0, 0.05) is 12.8 Å². The van der Waals surface area contributed by atoms with E-state index in [1.165, 1.54) is 12.1 Å². The summed E-state index contributed by atoms with van der Waals surface area (Å²) in [4.78, 5) is 49.7. The van der Waals surface area contributed by atoms with Gasteiger partial charge in [0.05, 0.1) is 0 Å².